The number of fused-ring (bicyclic) bond motifs is 1. The molecule has 0 spiro atoms. The van der Waals surface area contributed by atoms with E-state index in [1.54, 1.807) is 24.3 Å². The number of pyridine rings is 1. The maximum absolute atomic E-state index is 12.9. The fourth-order valence-electron chi connectivity index (χ4n) is 2.96. The Morgan fingerprint density at radius 1 is 1.07 bits per heavy atom. The van der Waals surface area contributed by atoms with Crippen molar-refractivity contribution in [2.45, 2.75) is 32.5 Å². The summed E-state index contributed by atoms with van der Waals surface area (Å²) in [4.78, 5) is 41.1. The number of ketones is 1. The van der Waals surface area contributed by atoms with Crippen molar-refractivity contribution in [2.24, 2.45) is 7.05 Å². The predicted molar refractivity (Wildman–Crippen MR) is 101 cm³/mol. The maximum Gasteiger partial charge on any atom is 0.433 e. The van der Waals surface area contributed by atoms with Gasteiger partial charge in [0.1, 0.15) is 11.3 Å². The van der Waals surface area contributed by atoms with Crippen LogP contribution in [0, 0.1) is 0 Å². The Labute approximate surface area is 163 Å². The van der Waals surface area contributed by atoms with E-state index in [4.69, 9.17) is 0 Å². The summed E-state index contributed by atoms with van der Waals surface area (Å²) >= 11 is 0. The Bertz CT molecular complexity index is 1210. The number of nitrogens with zero attached hydrogens (tertiary/aromatic N) is 3. The second kappa shape index (κ2) is 7.31. The van der Waals surface area contributed by atoms with E-state index in [-0.39, 0.29) is 17.0 Å². The molecule has 0 unspecified atom stereocenters. The first-order valence-corrected chi connectivity index (χ1v) is 8.81. The summed E-state index contributed by atoms with van der Waals surface area (Å²) in [6.45, 7) is 3.49. The van der Waals surface area contributed by atoms with Crippen LogP contribution in [0.5, 0.6) is 0 Å². The summed E-state index contributed by atoms with van der Waals surface area (Å²) in [5.74, 6) is -0.178. The van der Waals surface area contributed by atoms with Crippen LogP contribution in [0.15, 0.2) is 46.0 Å². The number of carbonyl (C=O) groups excluding carboxylic acids is 1. The largest absolute Gasteiger partial charge is 0.433 e. The first-order valence-electron chi connectivity index (χ1n) is 8.81. The van der Waals surface area contributed by atoms with Gasteiger partial charge in [0.05, 0.1) is 11.9 Å². The first-order chi connectivity index (χ1) is 13.5. The lowest BCUT2D eigenvalue weighted by Gasteiger charge is -2.12. The van der Waals surface area contributed by atoms with Crippen LogP contribution in [-0.2, 0) is 19.8 Å². The lowest BCUT2D eigenvalue weighted by molar-refractivity contribution is -0.141. The van der Waals surface area contributed by atoms with E-state index in [0.29, 0.717) is 16.2 Å². The molecule has 0 bridgehead atoms. The lowest BCUT2D eigenvalue weighted by Crippen LogP contribution is -2.41. The fraction of sp³-hybridized carbons (Fsp3) is 0.300. The molecule has 0 aliphatic carbocycles. The van der Waals surface area contributed by atoms with Gasteiger partial charge < -0.3 is 0 Å². The summed E-state index contributed by atoms with van der Waals surface area (Å²) in [7, 11) is 1.20. The van der Waals surface area contributed by atoms with Crippen LogP contribution in [0.4, 0.5) is 13.2 Å². The number of benzene rings is 1. The zero-order valence-corrected chi connectivity index (χ0v) is 15.9. The summed E-state index contributed by atoms with van der Waals surface area (Å²) in [6.07, 6.45) is -4.71. The molecule has 0 N–H and O–H groups in total. The third-order valence-corrected chi connectivity index (χ3v) is 4.68. The highest BCUT2D eigenvalue weighted by Gasteiger charge is 2.33. The molecule has 2 heterocycles. The van der Waals surface area contributed by atoms with Gasteiger partial charge in [0.2, 0.25) is 0 Å². The van der Waals surface area contributed by atoms with E-state index in [0.717, 1.165) is 16.2 Å². The van der Waals surface area contributed by atoms with Crippen LogP contribution in [0.3, 0.4) is 0 Å². The third kappa shape index (κ3) is 3.85. The van der Waals surface area contributed by atoms with Crippen molar-refractivity contribution < 1.29 is 18.0 Å². The quantitative estimate of drug-likeness (QED) is 0.625. The van der Waals surface area contributed by atoms with Gasteiger partial charge in [-0.25, -0.2) is 9.78 Å². The molecule has 2 aromatic heterocycles. The Balaban J connectivity index is 2.05. The molecule has 0 saturated heterocycles. The zero-order valence-electron chi connectivity index (χ0n) is 15.9. The van der Waals surface area contributed by atoms with Crippen molar-refractivity contribution in [1.82, 2.24) is 14.1 Å². The van der Waals surface area contributed by atoms with Crippen molar-refractivity contribution in [3.05, 3.63) is 74.1 Å². The van der Waals surface area contributed by atoms with Crippen LogP contribution in [0.1, 0.15) is 41.4 Å². The van der Waals surface area contributed by atoms with Gasteiger partial charge in [0, 0.05) is 12.6 Å². The van der Waals surface area contributed by atoms with E-state index in [1.807, 2.05) is 13.8 Å². The summed E-state index contributed by atoms with van der Waals surface area (Å²) in [5, 5.41) is -0.178. The smallest absolute Gasteiger partial charge is 0.292 e. The van der Waals surface area contributed by atoms with Crippen molar-refractivity contribution in [3.8, 4) is 0 Å². The summed E-state index contributed by atoms with van der Waals surface area (Å²) in [5.41, 5.74) is -2.02. The van der Waals surface area contributed by atoms with E-state index in [9.17, 15) is 27.6 Å². The van der Waals surface area contributed by atoms with Gasteiger partial charge in [0.25, 0.3) is 5.56 Å². The highest BCUT2D eigenvalue weighted by atomic mass is 19.4. The van der Waals surface area contributed by atoms with E-state index in [1.165, 1.54) is 7.05 Å². The van der Waals surface area contributed by atoms with E-state index >= 15 is 0 Å². The molecule has 1 aromatic carbocycles. The molecule has 0 amide bonds. The number of carbonyl (C=O) groups is 1. The Hall–Kier alpha value is -3.23. The molecule has 0 fully saturated rings. The lowest BCUT2D eigenvalue weighted by atomic mass is 10.0. The van der Waals surface area contributed by atoms with Gasteiger partial charge in [0.15, 0.2) is 5.78 Å². The molecule has 0 radical (unpaired) electrons. The first kappa shape index (κ1) is 20.5. The number of Topliss-reactive ketones (excluding diaryl/α,β-unsaturated/α-hetero) is 1. The zero-order chi connectivity index (χ0) is 21.5. The van der Waals surface area contributed by atoms with Crippen LogP contribution in [0.2, 0.25) is 0 Å². The standard InChI is InChI=1S/C20H18F3N3O3/c1-11(2)12-4-6-13(7-5-12)15(27)10-26-18(28)14-8-9-16(20(21,22)23)24-17(14)25(3)19(26)29/h4-9,11H,10H2,1-3H3. The van der Waals surface area contributed by atoms with Crippen LogP contribution in [0.25, 0.3) is 11.0 Å². The number of aryl methyl sites for hydroxylation is 1. The second-order valence-corrected chi connectivity index (χ2v) is 7.00. The van der Waals surface area contributed by atoms with Crippen molar-refractivity contribution >= 4 is 16.8 Å². The minimum absolute atomic E-state index is 0.178. The molecular formula is C20H18F3N3O3. The average molecular weight is 405 g/mol. The topological polar surface area (TPSA) is 74.0 Å². The van der Waals surface area contributed by atoms with Gasteiger partial charge >= 0.3 is 11.9 Å². The molecule has 0 atom stereocenters. The predicted octanol–water partition coefficient (Wildman–Crippen LogP) is 3.12. The molecular weight excluding hydrogens is 387 g/mol. The minimum Gasteiger partial charge on any atom is -0.292 e. The Kier molecular flexibility index (Phi) is 5.16. The molecule has 0 aliphatic heterocycles. The van der Waals surface area contributed by atoms with Gasteiger partial charge in [-0.2, -0.15) is 13.2 Å². The number of alkyl halides is 3. The molecule has 3 aromatic rings. The van der Waals surface area contributed by atoms with Gasteiger partial charge in [-0.15, -0.1) is 0 Å². The van der Waals surface area contributed by atoms with E-state index < -0.39 is 35.4 Å². The number of rotatable bonds is 4. The third-order valence-electron chi connectivity index (χ3n) is 4.68. The van der Waals surface area contributed by atoms with Crippen molar-refractivity contribution in [2.75, 3.05) is 0 Å². The monoisotopic (exact) mass is 405 g/mol. The number of aromatic nitrogens is 3. The maximum atomic E-state index is 12.9. The average Bonchev–Trinajstić information content (AvgIpc) is 2.68. The number of hydrogen-bond donors (Lipinski definition) is 0. The van der Waals surface area contributed by atoms with Crippen LogP contribution >= 0.6 is 0 Å². The molecule has 3 rings (SSSR count). The second-order valence-electron chi connectivity index (χ2n) is 7.00. The normalized spacial score (nSPS) is 12.0. The van der Waals surface area contributed by atoms with Crippen LogP contribution in [-0.4, -0.2) is 19.9 Å². The number of hydrogen-bond acceptors (Lipinski definition) is 4. The molecule has 9 heteroatoms. The summed E-state index contributed by atoms with van der Waals surface area (Å²) in [6, 6.07) is 8.46. The van der Waals surface area contributed by atoms with Crippen LogP contribution < -0.4 is 11.2 Å². The Morgan fingerprint density at radius 2 is 1.69 bits per heavy atom. The van der Waals surface area contributed by atoms with Gasteiger partial charge in [-0.1, -0.05) is 38.1 Å². The molecule has 152 valence electrons. The molecule has 29 heavy (non-hydrogen) atoms. The molecule has 0 aliphatic rings. The van der Waals surface area contributed by atoms with Crippen molar-refractivity contribution in [3.63, 3.8) is 0 Å². The van der Waals surface area contributed by atoms with Gasteiger partial charge in [-0.3, -0.25) is 18.7 Å². The SMILES string of the molecule is CC(C)c1ccc(C(=O)Cn2c(=O)c3ccc(C(F)(F)F)nc3n(C)c2=O)cc1. The number of halogens is 3. The minimum atomic E-state index is -4.71. The van der Waals surface area contributed by atoms with Crippen molar-refractivity contribution in [1.29, 1.82) is 0 Å². The highest BCUT2D eigenvalue weighted by Crippen LogP contribution is 2.28. The molecule has 6 nitrogen and oxygen atoms in total. The highest BCUT2D eigenvalue weighted by molar-refractivity contribution is 5.96. The van der Waals surface area contributed by atoms with E-state index in [2.05, 4.69) is 4.98 Å². The summed E-state index contributed by atoms with van der Waals surface area (Å²) < 4.78 is 40.2. The van der Waals surface area contributed by atoms with Gasteiger partial charge in [-0.05, 0) is 23.6 Å². The Morgan fingerprint density at radius 3 is 2.24 bits per heavy atom. The molecule has 0 saturated carbocycles. The fourth-order valence-corrected chi connectivity index (χ4v) is 2.96.